The van der Waals surface area contributed by atoms with E-state index in [1.165, 1.54) is 6.92 Å². The summed E-state index contributed by atoms with van der Waals surface area (Å²) < 4.78 is 20.5. The van der Waals surface area contributed by atoms with Crippen molar-refractivity contribution >= 4 is 29.0 Å². The minimum atomic E-state index is -3.19. The molecule has 0 amide bonds. The third-order valence-electron chi connectivity index (χ3n) is 5.24. The second-order valence-electron chi connectivity index (χ2n) is 7.34. The quantitative estimate of drug-likeness (QED) is 0.249. The van der Waals surface area contributed by atoms with Gasteiger partial charge in [-0.3, -0.25) is 4.79 Å². The van der Waals surface area contributed by atoms with Crippen LogP contribution in [0.2, 0.25) is 0 Å². The first kappa shape index (κ1) is 20.8. The maximum absolute atomic E-state index is 14.9. The summed E-state index contributed by atoms with van der Waals surface area (Å²) in [4.78, 5) is 11.8. The first-order chi connectivity index (χ1) is 15.0. The van der Waals surface area contributed by atoms with Gasteiger partial charge in [0.05, 0.1) is 0 Å². The van der Waals surface area contributed by atoms with Crippen LogP contribution in [0.25, 0.3) is 11.1 Å². The van der Waals surface area contributed by atoms with Crippen LogP contribution in [-0.2, 0) is 9.36 Å². The van der Waals surface area contributed by atoms with Gasteiger partial charge in [-0.2, -0.15) is 0 Å². The number of rotatable bonds is 5. The minimum absolute atomic E-state index is 0.390. The molecule has 0 fully saturated rings. The topological polar surface area (TPSA) is 43.4 Å². The summed E-state index contributed by atoms with van der Waals surface area (Å²) in [6.07, 6.45) is 0. The molecule has 4 heteroatoms. The van der Waals surface area contributed by atoms with Crippen LogP contribution in [0.3, 0.4) is 0 Å². The smallest absolute Gasteiger partial charge is 0.308 e. The molecule has 4 rings (SSSR count). The Hall–Kier alpha value is -3.42. The van der Waals surface area contributed by atoms with E-state index in [1.807, 2.05) is 104 Å². The number of hydrogen-bond donors (Lipinski definition) is 0. The van der Waals surface area contributed by atoms with E-state index in [2.05, 4.69) is 0 Å². The minimum Gasteiger partial charge on any atom is -0.426 e. The maximum atomic E-state index is 14.9. The maximum Gasteiger partial charge on any atom is 0.308 e. The van der Waals surface area contributed by atoms with Gasteiger partial charge < -0.3 is 9.30 Å². The first-order valence-electron chi connectivity index (χ1n) is 10.1. The molecule has 4 aromatic carbocycles. The van der Waals surface area contributed by atoms with Crippen molar-refractivity contribution < 1.29 is 14.1 Å². The molecule has 154 valence electrons. The van der Waals surface area contributed by atoms with Crippen LogP contribution in [-0.4, -0.2) is 5.97 Å². The molecule has 0 radical (unpaired) electrons. The molecule has 0 bridgehead atoms. The van der Waals surface area contributed by atoms with Gasteiger partial charge in [0.15, 0.2) is 7.14 Å². The number of aryl methyl sites for hydroxylation is 1. The highest BCUT2D eigenvalue weighted by atomic mass is 31.2. The third kappa shape index (κ3) is 3.97. The fourth-order valence-electron chi connectivity index (χ4n) is 3.89. The van der Waals surface area contributed by atoms with Crippen molar-refractivity contribution in [3.05, 3.63) is 109 Å². The summed E-state index contributed by atoms with van der Waals surface area (Å²) in [7, 11) is -3.19. The van der Waals surface area contributed by atoms with E-state index in [9.17, 15) is 9.36 Å². The lowest BCUT2D eigenvalue weighted by Gasteiger charge is -2.24. The Morgan fingerprint density at radius 3 is 1.84 bits per heavy atom. The summed E-state index contributed by atoms with van der Waals surface area (Å²) in [5, 5.41) is 2.24. The number of hydrogen-bond acceptors (Lipinski definition) is 3. The van der Waals surface area contributed by atoms with Crippen molar-refractivity contribution in [2.24, 2.45) is 0 Å². The summed E-state index contributed by atoms with van der Waals surface area (Å²) in [6, 6.07) is 32.4. The Bertz CT molecular complexity index is 1220. The molecule has 0 aromatic heterocycles. The van der Waals surface area contributed by atoms with Gasteiger partial charge in [0.1, 0.15) is 5.75 Å². The van der Waals surface area contributed by atoms with E-state index in [-0.39, 0.29) is 0 Å². The Morgan fingerprint density at radius 1 is 0.710 bits per heavy atom. The molecular formula is C27H23O3P. The van der Waals surface area contributed by atoms with Gasteiger partial charge in [0.25, 0.3) is 0 Å². The van der Waals surface area contributed by atoms with E-state index in [0.717, 1.165) is 32.6 Å². The molecule has 0 saturated carbocycles. The van der Waals surface area contributed by atoms with Crippen LogP contribution in [0.4, 0.5) is 0 Å². The van der Waals surface area contributed by atoms with Crippen molar-refractivity contribution in [3.8, 4) is 16.9 Å². The Labute approximate surface area is 182 Å². The van der Waals surface area contributed by atoms with Crippen molar-refractivity contribution in [1.82, 2.24) is 0 Å². The largest absolute Gasteiger partial charge is 0.426 e. The number of benzene rings is 4. The van der Waals surface area contributed by atoms with Crippen molar-refractivity contribution in [2.75, 3.05) is 0 Å². The number of carbonyl (C=O) groups is 1. The number of esters is 1. The van der Waals surface area contributed by atoms with E-state index >= 15 is 0 Å². The Kier molecular flexibility index (Phi) is 5.88. The van der Waals surface area contributed by atoms with Crippen LogP contribution in [0.5, 0.6) is 5.75 Å². The zero-order valence-corrected chi connectivity index (χ0v) is 18.4. The van der Waals surface area contributed by atoms with E-state index < -0.39 is 13.1 Å². The van der Waals surface area contributed by atoms with Crippen LogP contribution < -0.4 is 20.7 Å². The fourth-order valence-corrected chi connectivity index (χ4v) is 6.75. The number of ether oxygens (including phenoxy) is 1. The zero-order valence-electron chi connectivity index (χ0n) is 17.5. The van der Waals surface area contributed by atoms with Gasteiger partial charge in [-0.15, -0.1) is 0 Å². The van der Waals surface area contributed by atoms with Crippen LogP contribution in [0.1, 0.15) is 12.5 Å². The second-order valence-corrected chi connectivity index (χ2v) is 10.1. The summed E-state index contributed by atoms with van der Waals surface area (Å²) in [5.41, 5.74) is 2.52. The molecule has 0 aliphatic heterocycles. The molecular weight excluding hydrogens is 403 g/mol. The van der Waals surface area contributed by atoms with Crippen LogP contribution >= 0.6 is 7.14 Å². The highest BCUT2D eigenvalue weighted by Gasteiger charge is 2.32. The zero-order chi connectivity index (χ0) is 21.8. The molecule has 4 aromatic rings. The van der Waals surface area contributed by atoms with Gasteiger partial charge in [-0.25, -0.2) is 0 Å². The summed E-state index contributed by atoms with van der Waals surface area (Å²) in [5.74, 6) is 0.0752. The average molecular weight is 426 g/mol. The van der Waals surface area contributed by atoms with Crippen LogP contribution in [0, 0.1) is 6.92 Å². The average Bonchev–Trinajstić information content (AvgIpc) is 2.79. The van der Waals surface area contributed by atoms with Gasteiger partial charge in [-0.1, -0.05) is 97.1 Å². The predicted octanol–water partition coefficient (Wildman–Crippen LogP) is 5.23. The number of carbonyl (C=O) groups excluding carboxylic acids is 1. The lowest BCUT2D eigenvalue weighted by Crippen LogP contribution is -2.26. The van der Waals surface area contributed by atoms with Crippen LogP contribution in [0.15, 0.2) is 103 Å². The monoisotopic (exact) mass is 426 g/mol. The van der Waals surface area contributed by atoms with Gasteiger partial charge in [-0.05, 0) is 24.1 Å². The highest BCUT2D eigenvalue weighted by molar-refractivity contribution is 7.85. The normalized spacial score (nSPS) is 11.2. The molecule has 0 aliphatic rings. The van der Waals surface area contributed by atoms with E-state index in [1.54, 1.807) is 6.07 Å². The van der Waals surface area contributed by atoms with Gasteiger partial charge in [0, 0.05) is 28.4 Å². The Balaban J connectivity index is 2.05. The Morgan fingerprint density at radius 2 is 1.26 bits per heavy atom. The third-order valence-corrected chi connectivity index (χ3v) is 8.36. The molecule has 0 aliphatic carbocycles. The molecule has 0 N–H and O–H groups in total. The lowest BCUT2D eigenvalue weighted by molar-refractivity contribution is -0.131. The predicted molar refractivity (Wildman–Crippen MR) is 127 cm³/mol. The molecule has 0 spiro atoms. The molecule has 0 saturated heterocycles. The van der Waals surface area contributed by atoms with Crippen molar-refractivity contribution in [2.45, 2.75) is 13.8 Å². The summed E-state index contributed by atoms with van der Waals surface area (Å²) >= 11 is 0. The molecule has 31 heavy (non-hydrogen) atoms. The highest BCUT2D eigenvalue weighted by Crippen LogP contribution is 2.46. The molecule has 0 atom stereocenters. The first-order valence-corrected chi connectivity index (χ1v) is 11.8. The summed E-state index contributed by atoms with van der Waals surface area (Å²) in [6.45, 7) is 3.35. The van der Waals surface area contributed by atoms with E-state index in [4.69, 9.17) is 4.74 Å². The van der Waals surface area contributed by atoms with E-state index in [0.29, 0.717) is 5.75 Å². The fraction of sp³-hybridized carbons (Fsp3) is 0.0741. The van der Waals surface area contributed by atoms with Crippen molar-refractivity contribution in [1.29, 1.82) is 0 Å². The molecule has 0 unspecified atom stereocenters. The SMILES string of the molecule is CC(=O)Oc1cccc(C)c1-c1ccccc1P(=O)(c1ccccc1)c1ccccc1. The standard InChI is InChI=1S/C27H23O3P/c1-20-12-11-18-25(30-21(2)28)27(20)24-17-9-10-19-26(24)31(29,22-13-5-3-6-14-22)23-15-7-4-8-16-23/h3-19H,1-2H3. The lowest BCUT2D eigenvalue weighted by atomic mass is 9.99. The van der Waals surface area contributed by atoms with Crippen molar-refractivity contribution in [3.63, 3.8) is 0 Å². The molecule has 3 nitrogen and oxygen atoms in total. The second kappa shape index (κ2) is 8.75. The van der Waals surface area contributed by atoms with Gasteiger partial charge >= 0.3 is 5.97 Å². The van der Waals surface area contributed by atoms with Gasteiger partial charge in [0.2, 0.25) is 0 Å². The molecule has 0 heterocycles.